The van der Waals surface area contributed by atoms with E-state index in [-0.39, 0.29) is 37.5 Å². The second kappa shape index (κ2) is 46.3. The van der Waals surface area contributed by atoms with Gasteiger partial charge in [0.2, 0.25) is 0 Å². The molecule has 0 saturated carbocycles. The molecule has 0 aromatic heterocycles. The number of hydrogen-bond acceptors (Lipinski definition) is 6. The lowest BCUT2D eigenvalue weighted by Gasteiger charge is -2.18. The SMILES string of the molecule is CC/C=C\C/C=C\C/C=C\C/C=C\C/C=C\CCCC(=O)OCC(COC(=O)CCCCCCC/C=C\CCCC)OC(=O)CCCCCCC/C=C\CCCCC. The van der Waals surface area contributed by atoms with E-state index in [9.17, 15) is 14.4 Å². The van der Waals surface area contributed by atoms with Crippen molar-refractivity contribution in [3.63, 3.8) is 0 Å². The van der Waals surface area contributed by atoms with Crippen molar-refractivity contribution >= 4 is 17.9 Å². The monoisotopic (exact) mass is 807 g/mol. The maximum atomic E-state index is 12.7. The average Bonchev–Trinajstić information content (AvgIpc) is 3.22. The number of unbranched alkanes of at least 4 members (excludes halogenated alkanes) is 16. The van der Waals surface area contributed by atoms with E-state index in [2.05, 4.69) is 106 Å². The van der Waals surface area contributed by atoms with Crippen LogP contribution in [0.25, 0.3) is 0 Å². The van der Waals surface area contributed by atoms with E-state index >= 15 is 0 Å². The zero-order valence-corrected chi connectivity index (χ0v) is 37.5. The van der Waals surface area contributed by atoms with E-state index in [0.29, 0.717) is 19.3 Å². The van der Waals surface area contributed by atoms with E-state index in [0.717, 1.165) is 103 Å². The molecule has 0 aromatic carbocycles. The Morgan fingerprint density at radius 2 is 0.707 bits per heavy atom. The molecule has 6 heteroatoms. The fourth-order valence-electron chi connectivity index (χ4n) is 6.04. The second-order valence-electron chi connectivity index (χ2n) is 15.3. The van der Waals surface area contributed by atoms with Gasteiger partial charge < -0.3 is 14.2 Å². The summed E-state index contributed by atoms with van der Waals surface area (Å²) < 4.78 is 16.7. The van der Waals surface area contributed by atoms with Crippen LogP contribution >= 0.6 is 0 Å². The van der Waals surface area contributed by atoms with Gasteiger partial charge in [-0.05, 0) is 103 Å². The van der Waals surface area contributed by atoms with Gasteiger partial charge in [-0.1, -0.05) is 170 Å². The van der Waals surface area contributed by atoms with Gasteiger partial charge in [-0.15, -0.1) is 0 Å². The van der Waals surface area contributed by atoms with Crippen molar-refractivity contribution in [3.05, 3.63) is 85.1 Å². The fraction of sp³-hybridized carbons (Fsp3) is 0.673. The molecule has 1 atom stereocenters. The highest BCUT2D eigenvalue weighted by Gasteiger charge is 2.19. The Kier molecular flexibility index (Phi) is 43.6. The van der Waals surface area contributed by atoms with Crippen LogP contribution in [0.1, 0.15) is 207 Å². The van der Waals surface area contributed by atoms with E-state index in [4.69, 9.17) is 14.2 Å². The molecule has 0 radical (unpaired) electrons. The van der Waals surface area contributed by atoms with Crippen LogP contribution in [-0.4, -0.2) is 37.2 Å². The molecular weight excluding hydrogens is 721 g/mol. The normalized spacial score (nSPS) is 12.8. The van der Waals surface area contributed by atoms with Gasteiger partial charge in [0.1, 0.15) is 13.2 Å². The van der Waals surface area contributed by atoms with Crippen molar-refractivity contribution in [2.75, 3.05) is 13.2 Å². The highest BCUT2D eigenvalue weighted by Crippen LogP contribution is 2.12. The summed E-state index contributed by atoms with van der Waals surface area (Å²) in [6.45, 7) is 6.37. The van der Waals surface area contributed by atoms with E-state index < -0.39 is 6.10 Å². The van der Waals surface area contributed by atoms with Gasteiger partial charge >= 0.3 is 17.9 Å². The molecule has 0 heterocycles. The summed E-state index contributed by atoms with van der Waals surface area (Å²) in [6.07, 6.45) is 58.5. The third-order valence-corrected chi connectivity index (χ3v) is 9.60. The lowest BCUT2D eigenvalue weighted by molar-refractivity contribution is -0.167. The number of ether oxygens (including phenoxy) is 3. The number of carbonyl (C=O) groups is 3. The van der Waals surface area contributed by atoms with Gasteiger partial charge in [0.15, 0.2) is 6.10 Å². The largest absolute Gasteiger partial charge is 0.462 e. The number of allylic oxidation sites excluding steroid dienone is 14. The summed E-state index contributed by atoms with van der Waals surface area (Å²) in [5.74, 6) is -0.989. The smallest absolute Gasteiger partial charge is 0.306 e. The summed E-state index contributed by atoms with van der Waals surface area (Å²) in [4.78, 5) is 37.8. The molecule has 0 aliphatic carbocycles. The minimum absolute atomic E-state index is 0.103. The second-order valence-corrected chi connectivity index (χ2v) is 15.3. The topological polar surface area (TPSA) is 78.9 Å². The minimum atomic E-state index is -0.805. The molecule has 0 saturated heterocycles. The highest BCUT2D eigenvalue weighted by molar-refractivity contribution is 5.71. The molecule has 0 aromatic rings. The number of hydrogen-bond donors (Lipinski definition) is 0. The van der Waals surface area contributed by atoms with Crippen LogP contribution in [0.15, 0.2) is 85.1 Å². The van der Waals surface area contributed by atoms with Gasteiger partial charge in [-0.3, -0.25) is 14.4 Å². The van der Waals surface area contributed by atoms with Crippen molar-refractivity contribution < 1.29 is 28.6 Å². The quantitative estimate of drug-likeness (QED) is 0.0265. The summed E-state index contributed by atoms with van der Waals surface area (Å²) >= 11 is 0. The van der Waals surface area contributed by atoms with Crippen molar-refractivity contribution in [1.29, 1.82) is 0 Å². The van der Waals surface area contributed by atoms with E-state index in [1.54, 1.807) is 0 Å². The molecule has 0 rings (SSSR count). The Bertz CT molecular complexity index is 1160. The first kappa shape index (κ1) is 54.6. The fourth-order valence-corrected chi connectivity index (χ4v) is 6.04. The van der Waals surface area contributed by atoms with Crippen LogP contribution in [0.4, 0.5) is 0 Å². The van der Waals surface area contributed by atoms with Crippen molar-refractivity contribution in [3.8, 4) is 0 Å². The van der Waals surface area contributed by atoms with Crippen molar-refractivity contribution in [1.82, 2.24) is 0 Å². The predicted octanol–water partition coefficient (Wildman–Crippen LogP) is 15.3. The lowest BCUT2D eigenvalue weighted by Crippen LogP contribution is -2.30. The maximum absolute atomic E-state index is 12.7. The Morgan fingerprint density at radius 1 is 0.362 bits per heavy atom. The van der Waals surface area contributed by atoms with E-state index in [1.165, 1.54) is 57.8 Å². The zero-order chi connectivity index (χ0) is 42.3. The lowest BCUT2D eigenvalue weighted by atomic mass is 10.1. The first-order valence-corrected chi connectivity index (χ1v) is 23.6. The summed E-state index contributed by atoms with van der Waals surface area (Å²) in [5.41, 5.74) is 0. The van der Waals surface area contributed by atoms with Crippen LogP contribution in [0.3, 0.4) is 0 Å². The molecule has 330 valence electrons. The molecule has 0 aliphatic heterocycles. The Balaban J connectivity index is 4.49. The van der Waals surface area contributed by atoms with Gasteiger partial charge in [0.05, 0.1) is 0 Å². The van der Waals surface area contributed by atoms with Crippen LogP contribution in [-0.2, 0) is 28.6 Å². The molecule has 6 nitrogen and oxygen atoms in total. The molecule has 1 unspecified atom stereocenters. The van der Waals surface area contributed by atoms with Gasteiger partial charge in [-0.25, -0.2) is 0 Å². The highest BCUT2D eigenvalue weighted by atomic mass is 16.6. The van der Waals surface area contributed by atoms with Crippen molar-refractivity contribution in [2.45, 2.75) is 213 Å². The number of esters is 3. The minimum Gasteiger partial charge on any atom is -0.462 e. The molecule has 0 spiro atoms. The molecule has 58 heavy (non-hydrogen) atoms. The first-order valence-electron chi connectivity index (χ1n) is 23.6. The molecule has 0 aliphatic rings. The first-order chi connectivity index (χ1) is 28.5. The third kappa shape index (κ3) is 43.7. The Labute approximate surface area is 356 Å². The molecule has 0 N–H and O–H groups in total. The third-order valence-electron chi connectivity index (χ3n) is 9.60. The summed E-state index contributed by atoms with van der Waals surface area (Å²) in [7, 11) is 0. The summed E-state index contributed by atoms with van der Waals surface area (Å²) in [6, 6.07) is 0. The Morgan fingerprint density at radius 3 is 1.19 bits per heavy atom. The number of carbonyl (C=O) groups excluding carboxylic acids is 3. The average molecular weight is 807 g/mol. The maximum Gasteiger partial charge on any atom is 0.306 e. The predicted molar refractivity (Wildman–Crippen MR) is 247 cm³/mol. The van der Waals surface area contributed by atoms with Crippen LogP contribution in [0, 0.1) is 0 Å². The Hall–Kier alpha value is -3.41. The molecule has 0 amide bonds. The van der Waals surface area contributed by atoms with Crippen molar-refractivity contribution in [2.24, 2.45) is 0 Å². The van der Waals surface area contributed by atoms with Crippen LogP contribution in [0.2, 0.25) is 0 Å². The van der Waals surface area contributed by atoms with Gasteiger partial charge in [0, 0.05) is 19.3 Å². The van der Waals surface area contributed by atoms with Gasteiger partial charge in [0.25, 0.3) is 0 Å². The molecule has 0 fully saturated rings. The summed E-state index contributed by atoms with van der Waals surface area (Å²) in [5, 5.41) is 0. The van der Waals surface area contributed by atoms with Crippen LogP contribution in [0.5, 0.6) is 0 Å². The zero-order valence-electron chi connectivity index (χ0n) is 37.5. The molecule has 0 bridgehead atoms. The van der Waals surface area contributed by atoms with Gasteiger partial charge in [-0.2, -0.15) is 0 Å². The number of rotatable bonds is 41. The van der Waals surface area contributed by atoms with E-state index in [1.807, 2.05) is 0 Å². The molecular formula is C52H86O6. The van der Waals surface area contributed by atoms with Crippen LogP contribution < -0.4 is 0 Å². The standard InChI is InChI=1S/C52H86O6/c1-4-7-10-13-16-19-22-24-25-26-27-28-31-33-36-39-42-45-51(54)57-48-49(47-56-50(53)44-41-38-35-32-29-21-18-15-12-9-6-3)58-52(55)46-43-40-37-34-30-23-20-17-14-11-8-5-2/h7,10,15-20,24-25,27-28,33,36,49H,4-6,8-9,11-14,21-23,26,29-32,34-35,37-48H2,1-3H3/b10-7-,18-15-,19-16-,20-17-,25-24-,28-27-,36-33-.